The largest absolute Gasteiger partial charge is 0.442 e. The number of hydrogen-bond acceptors (Lipinski definition) is 5. The molecule has 0 atom stereocenters. The highest BCUT2D eigenvalue weighted by atomic mass is 16.5. The molecule has 1 aromatic heterocycles. The zero-order chi connectivity index (χ0) is 17.0. The van der Waals surface area contributed by atoms with Crippen LogP contribution >= 0.6 is 0 Å². The van der Waals surface area contributed by atoms with Crippen LogP contribution in [0.4, 0.5) is 0 Å². The van der Waals surface area contributed by atoms with E-state index >= 15 is 0 Å². The highest BCUT2D eigenvalue weighted by molar-refractivity contribution is 5.78. The van der Waals surface area contributed by atoms with Crippen molar-refractivity contribution in [3.8, 4) is 0 Å². The fraction of sp³-hybridized carbons (Fsp3) is 0.579. The summed E-state index contributed by atoms with van der Waals surface area (Å²) >= 11 is 0. The van der Waals surface area contributed by atoms with Crippen molar-refractivity contribution in [3.05, 3.63) is 34.6 Å². The van der Waals surface area contributed by atoms with Crippen LogP contribution in [0.1, 0.15) is 38.5 Å². The Hall–Kier alpha value is -2.24. The number of ether oxygens (including phenoxy) is 1. The Balaban J connectivity index is 1.36. The maximum atomic E-state index is 12.9. The number of hydrogen-bond donors (Lipinski definition) is 0. The zero-order valence-electron chi connectivity index (χ0n) is 14.1. The molecule has 1 heterocycles. The van der Waals surface area contributed by atoms with E-state index in [0.29, 0.717) is 28.7 Å². The molecule has 130 valence electrons. The second-order valence-corrected chi connectivity index (χ2v) is 8.17. The fourth-order valence-corrected chi connectivity index (χ4v) is 5.74. The summed E-state index contributed by atoms with van der Waals surface area (Å²) < 4.78 is 6.70. The van der Waals surface area contributed by atoms with E-state index in [-0.39, 0.29) is 23.7 Å². The first-order chi connectivity index (χ1) is 12.1. The van der Waals surface area contributed by atoms with Crippen molar-refractivity contribution in [1.82, 2.24) is 15.0 Å². The van der Waals surface area contributed by atoms with E-state index in [0.717, 1.165) is 23.9 Å². The Bertz CT molecular complexity index is 869. The van der Waals surface area contributed by atoms with E-state index in [2.05, 4.69) is 10.3 Å². The molecule has 0 spiro atoms. The van der Waals surface area contributed by atoms with Gasteiger partial charge in [0.05, 0.1) is 10.8 Å². The van der Waals surface area contributed by atoms with Gasteiger partial charge in [-0.15, -0.1) is 5.10 Å². The lowest BCUT2D eigenvalue weighted by atomic mass is 9.49. The van der Waals surface area contributed by atoms with E-state index in [1.165, 1.54) is 19.3 Å². The number of nitrogens with zero attached hydrogens (tertiary/aromatic N) is 3. The van der Waals surface area contributed by atoms with Crippen molar-refractivity contribution in [2.45, 2.75) is 45.3 Å². The van der Waals surface area contributed by atoms with Gasteiger partial charge in [0.25, 0.3) is 5.56 Å². The maximum absolute atomic E-state index is 12.9. The molecule has 1 aromatic carbocycles. The molecule has 0 N–H and O–H groups in total. The Morgan fingerprint density at radius 2 is 1.76 bits per heavy atom. The topological polar surface area (TPSA) is 74.1 Å². The predicted octanol–water partition coefficient (Wildman–Crippen LogP) is 2.51. The van der Waals surface area contributed by atoms with Crippen molar-refractivity contribution in [1.29, 1.82) is 0 Å². The van der Waals surface area contributed by atoms with Crippen LogP contribution in [-0.4, -0.2) is 21.0 Å². The lowest BCUT2D eigenvalue weighted by Crippen LogP contribution is -2.50. The minimum atomic E-state index is -0.317. The quantitative estimate of drug-likeness (QED) is 0.803. The molecule has 4 saturated carbocycles. The highest BCUT2D eigenvalue weighted by Gasteiger charge is 2.55. The van der Waals surface area contributed by atoms with Crippen LogP contribution in [0.15, 0.2) is 29.1 Å². The molecule has 4 bridgehead atoms. The molecule has 6 nitrogen and oxygen atoms in total. The van der Waals surface area contributed by atoms with Crippen molar-refractivity contribution in [2.75, 3.05) is 0 Å². The van der Waals surface area contributed by atoms with Crippen LogP contribution in [0.5, 0.6) is 0 Å². The van der Waals surface area contributed by atoms with Gasteiger partial charge in [-0.2, -0.15) is 4.68 Å². The average molecular weight is 339 g/mol. The van der Waals surface area contributed by atoms with Gasteiger partial charge >= 0.3 is 5.97 Å². The molecule has 0 radical (unpaired) electrons. The second-order valence-electron chi connectivity index (χ2n) is 8.17. The van der Waals surface area contributed by atoms with Crippen LogP contribution < -0.4 is 5.56 Å². The SMILES string of the molecule is O=C(OCn1nnc2ccccc2c1=O)C12CC3CC(CC(C3)C1)C2. The van der Waals surface area contributed by atoms with E-state index in [9.17, 15) is 9.59 Å². The number of esters is 1. The molecular weight excluding hydrogens is 318 g/mol. The average Bonchev–Trinajstić information content (AvgIpc) is 2.60. The van der Waals surface area contributed by atoms with E-state index < -0.39 is 0 Å². The Morgan fingerprint density at radius 3 is 2.44 bits per heavy atom. The smallest absolute Gasteiger partial charge is 0.313 e. The number of carbonyl (C=O) groups is 1. The van der Waals surface area contributed by atoms with Gasteiger partial charge in [-0.25, -0.2) is 0 Å². The number of carbonyl (C=O) groups excluding carboxylic acids is 1. The first kappa shape index (κ1) is 15.0. The van der Waals surface area contributed by atoms with Crippen LogP contribution in [-0.2, 0) is 16.3 Å². The lowest BCUT2D eigenvalue weighted by molar-refractivity contribution is -0.176. The van der Waals surface area contributed by atoms with Crippen LogP contribution in [0, 0.1) is 23.2 Å². The van der Waals surface area contributed by atoms with Gasteiger partial charge in [-0.05, 0) is 68.4 Å². The summed E-state index contributed by atoms with van der Waals surface area (Å²) in [4.78, 5) is 25.3. The normalized spacial score (nSPS) is 32.9. The molecule has 0 aliphatic heterocycles. The molecule has 6 rings (SSSR count). The summed E-state index contributed by atoms with van der Waals surface area (Å²) in [5.74, 6) is 1.90. The summed E-state index contributed by atoms with van der Waals surface area (Å²) in [5.41, 5.74) is -0.0390. The van der Waals surface area contributed by atoms with Crippen LogP contribution in [0.25, 0.3) is 10.9 Å². The van der Waals surface area contributed by atoms with E-state index in [1.54, 1.807) is 18.2 Å². The third-order valence-electron chi connectivity index (χ3n) is 6.42. The van der Waals surface area contributed by atoms with E-state index in [4.69, 9.17) is 4.74 Å². The fourth-order valence-electron chi connectivity index (χ4n) is 5.74. The first-order valence-corrected chi connectivity index (χ1v) is 9.13. The van der Waals surface area contributed by atoms with Crippen molar-refractivity contribution < 1.29 is 9.53 Å². The molecule has 0 unspecified atom stereocenters. The molecule has 2 aromatic rings. The van der Waals surface area contributed by atoms with Crippen LogP contribution in [0.2, 0.25) is 0 Å². The lowest BCUT2D eigenvalue weighted by Gasteiger charge is -2.55. The molecule has 4 fully saturated rings. The molecule has 4 aliphatic rings. The summed E-state index contributed by atoms with van der Waals surface area (Å²) in [7, 11) is 0. The van der Waals surface area contributed by atoms with Gasteiger partial charge in [-0.1, -0.05) is 17.3 Å². The minimum Gasteiger partial charge on any atom is -0.442 e. The molecule has 4 aliphatic carbocycles. The summed E-state index contributed by atoms with van der Waals surface area (Å²) in [6.45, 7) is -0.156. The van der Waals surface area contributed by atoms with Gasteiger partial charge in [0.2, 0.25) is 0 Å². The van der Waals surface area contributed by atoms with E-state index in [1.807, 2.05) is 6.07 Å². The van der Waals surface area contributed by atoms with Gasteiger partial charge in [0.15, 0.2) is 6.73 Å². The highest BCUT2D eigenvalue weighted by Crippen LogP contribution is 2.60. The third kappa shape index (κ3) is 2.38. The zero-order valence-corrected chi connectivity index (χ0v) is 14.1. The van der Waals surface area contributed by atoms with Gasteiger partial charge in [0.1, 0.15) is 5.52 Å². The monoisotopic (exact) mass is 339 g/mol. The molecule has 6 heteroatoms. The summed E-state index contributed by atoms with van der Waals surface area (Å²) in [6.07, 6.45) is 6.70. The second kappa shape index (κ2) is 5.38. The Morgan fingerprint density at radius 1 is 1.12 bits per heavy atom. The minimum absolute atomic E-state index is 0.145. The summed E-state index contributed by atoms with van der Waals surface area (Å²) in [6, 6.07) is 7.06. The van der Waals surface area contributed by atoms with Gasteiger partial charge in [0, 0.05) is 0 Å². The Kier molecular flexibility index (Phi) is 3.24. The van der Waals surface area contributed by atoms with Crippen molar-refractivity contribution >= 4 is 16.9 Å². The summed E-state index contributed by atoms with van der Waals surface area (Å²) in [5, 5.41) is 8.42. The number of fused-ring (bicyclic) bond motifs is 1. The third-order valence-corrected chi connectivity index (χ3v) is 6.42. The molecular formula is C19H21N3O3. The first-order valence-electron chi connectivity index (χ1n) is 9.13. The molecule has 0 saturated heterocycles. The number of benzene rings is 1. The molecule has 0 amide bonds. The maximum Gasteiger partial charge on any atom is 0.313 e. The van der Waals surface area contributed by atoms with Crippen LogP contribution in [0.3, 0.4) is 0 Å². The van der Waals surface area contributed by atoms with Crippen molar-refractivity contribution in [2.24, 2.45) is 23.2 Å². The Labute approximate surface area is 145 Å². The number of rotatable bonds is 3. The number of aromatic nitrogens is 3. The van der Waals surface area contributed by atoms with Gasteiger partial charge in [-0.3, -0.25) is 9.59 Å². The van der Waals surface area contributed by atoms with Gasteiger partial charge < -0.3 is 4.74 Å². The van der Waals surface area contributed by atoms with Crippen molar-refractivity contribution in [3.63, 3.8) is 0 Å². The molecule has 25 heavy (non-hydrogen) atoms. The predicted molar refractivity (Wildman–Crippen MR) is 90.5 cm³/mol. The standard InChI is InChI=1S/C19H21N3O3/c23-17-15-3-1-2-4-16(15)20-21-22(17)11-25-18(24)19-8-12-5-13(9-19)7-14(6-12)10-19/h1-4,12-14H,5-11H2.